The Kier molecular flexibility index (Phi) is 4.41. The molecule has 1 rings (SSSR count). The molecule has 1 aromatic rings. The van der Waals surface area contributed by atoms with Gasteiger partial charge in [0.1, 0.15) is 0 Å². The van der Waals surface area contributed by atoms with Gasteiger partial charge in [0, 0.05) is 6.61 Å². The van der Waals surface area contributed by atoms with Crippen LogP contribution in [-0.4, -0.2) is 11.7 Å². The maximum absolute atomic E-state index is 8.86. The van der Waals surface area contributed by atoms with Crippen molar-refractivity contribution in [2.45, 2.75) is 20.3 Å². The van der Waals surface area contributed by atoms with Gasteiger partial charge in [0.15, 0.2) is 0 Å². The lowest BCUT2D eigenvalue weighted by molar-refractivity contribution is 0.262. The monoisotopic (exact) mass is 190 g/mol. The number of aryl methyl sites for hydroxylation is 1. The van der Waals surface area contributed by atoms with Crippen molar-refractivity contribution in [3.8, 4) is 0 Å². The van der Waals surface area contributed by atoms with Crippen LogP contribution in [0.1, 0.15) is 25.0 Å². The van der Waals surface area contributed by atoms with Crippen molar-refractivity contribution >= 4 is 6.08 Å². The van der Waals surface area contributed by atoms with E-state index in [9.17, 15) is 0 Å². The van der Waals surface area contributed by atoms with E-state index in [-0.39, 0.29) is 12.5 Å². The van der Waals surface area contributed by atoms with Crippen molar-refractivity contribution in [3.63, 3.8) is 0 Å². The smallest absolute Gasteiger partial charge is 0.0491 e. The molecule has 1 atom stereocenters. The first kappa shape index (κ1) is 11.0. The van der Waals surface area contributed by atoms with E-state index < -0.39 is 0 Å². The third-order valence-corrected chi connectivity index (χ3v) is 2.26. The zero-order chi connectivity index (χ0) is 10.4. The van der Waals surface area contributed by atoms with Crippen molar-refractivity contribution in [3.05, 3.63) is 41.5 Å². The minimum Gasteiger partial charge on any atom is -0.396 e. The summed E-state index contributed by atoms with van der Waals surface area (Å²) < 4.78 is 0. The van der Waals surface area contributed by atoms with Crippen LogP contribution in [0.2, 0.25) is 0 Å². The van der Waals surface area contributed by atoms with Crippen LogP contribution in [-0.2, 0) is 6.42 Å². The van der Waals surface area contributed by atoms with Crippen LogP contribution >= 0.6 is 0 Å². The van der Waals surface area contributed by atoms with Crippen LogP contribution in [0.4, 0.5) is 0 Å². The topological polar surface area (TPSA) is 20.2 Å². The predicted octanol–water partition coefficient (Wildman–Crippen LogP) is 2.89. The zero-order valence-corrected chi connectivity index (χ0v) is 8.90. The standard InChI is InChI=1S/C13H18O/c1-3-12-5-4-6-13(9-12)8-7-11(2)10-14/h4-9,11,14H,3,10H2,1-2H3/b8-7+/t11-/m1/s1. The summed E-state index contributed by atoms with van der Waals surface area (Å²) >= 11 is 0. The Morgan fingerprint density at radius 2 is 2.21 bits per heavy atom. The molecule has 0 fully saturated rings. The predicted molar refractivity (Wildman–Crippen MR) is 61.1 cm³/mol. The number of hydrogen-bond acceptors (Lipinski definition) is 1. The molecule has 0 aliphatic rings. The Hall–Kier alpha value is -1.08. The highest BCUT2D eigenvalue weighted by molar-refractivity contribution is 5.50. The fourth-order valence-corrected chi connectivity index (χ4v) is 1.25. The summed E-state index contributed by atoms with van der Waals surface area (Å²) in [5.41, 5.74) is 2.56. The number of hydrogen-bond donors (Lipinski definition) is 1. The summed E-state index contributed by atoms with van der Waals surface area (Å²) in [5, 5.41) is 8.86. The average molecular weight is 190 g/mol. The molecule has 0 heterocycles. The Morgan fingerprint density at radius 1 is 1.43 bits per heavy atom. The van der Waals surface area contributed by atoms with Gasteiger partial charge in [-0.05, 0) is 23.5 Å². The van der Waals surface area contributed by atoms with Gasteiger partial charge < -0.3 is 5.11 Å². The number of aliphatic hydroxyl groups excluding tert-OH is 1. The quantitative estimate of drug-likeness (QED) is 0.774. The Balaban J connectivity index is 2.71. The number of rotatable bonds is 4. The third-order valence-electron chi connectivity index (χ3n) is 2.26. The summed E-state index contributed by atoms with van der Waals surface area (Å²) in [6, 6.07) is 8.47. The first-order valence-electron chi connectivity index (χ1n) is 5.14. The van der Waals surface area contributed by atoms with E-state index in [1.165, 1.54) is 11.1 Å². The molecule has 0 radical (unpaired) electrons. The molecule has 1 nitrogen and oxygen atoms in total. The van der Waals surface area contributed by atoms with Crippen molar-refractivity contribution in [1.29, 1.82) is 0 Å². The van der Waals surface area contributed by atoms with Gasteiger partial charge in [-0.25, -0.2) is 0 Å². The molecule has 76 valence electrons. The Morgan fingerprint density at radius 3 is 2.86 bits per heavy atom. The molecule has 0 unspecified atom stereocenters. The fourth-order valence-electron chi connectivity index (χ4n) is 1.25. The van der Waals surface area contributed by atoms with Gasteiger partial charge in [-0.3, -0.25) is 0 Å². The van der Waals surface area contributed by atoms with E-state index in [1.54, 1.807) is 0 Å². The lowest BCUT2D eigenvalue weighted by Crippen LogP contribution is -1.94. The Labute approximate surface area is 86.1 Å². The summed E-state index contributed by atoms with van der Waals surface area (Å²) in [7, 11) is 0. The first-order chi connectivity index (χ1) is 6.76. The van der Waals surface area contributed by atoms with Crippen molar-refractivity contribution < 1.29 is 5.11 Å². The van der Waals surface area contributed by atoms with Crippen LogP contribution < -0.4 is 0 Å². The molecule has 1 N–H and O–H groups in total. The minimum absolute atomic E-state index is 0.212. The Bertz CT molecular complexity index is 302. The normalized spacial score (nSPS) is 13.4. The highest BCUT2D eigenvalue weighted by Crippen LogP contribution is 2.09. The fraction of sp³-hybridized carbons (Fsp3) is 0.385. The van der Waals surface area contributed by atoms with Crippen LogP contribution in [0.25, 0.3) is 6.08 Å². The van der Waals surface area contributed by atoms with Gasteiger partial charge in [0.25, 0.3) is 0 Å². The van der Waals surface area contributed by atoms with Crippen LogP contribution in [0, 0.1) is 5.92 Å². The number of aliphatic hydroxyl groups is 1. The minimum atomic E-state index is 0.212. The molecular formula is C13H18O. The highest BCUT2D eigenvalue weighted by Gasteiger charge is 1.93. The molecule has 0 saturated heterocycles. The molecule has 0 aromatic heterocycles. The highest BCUT2D eigenvalue weighted by atomic mass is 16.3. The third kappa shape index (κ3) is 3.35. The summed E-state index contributed by atoms with van der Waals surface area (Å²) in [5.74, 6) is 0.236. The molecule has 14 heavy (non-hydrogen) atoms. The maximum Gasteiger partial charge on any atom is 0.0491 e. The second kappa shape index (κ2) is 5.61. The van der Waals surface area contributed by atoms with E-state index in [4.69, 9.17) is 5.11 Å². The zero-order valence-electron chi connectivity index (χ0n) is 8.90. The largest absolute Gasteiger partial charge is 0.396 e. The molecular weight excluding hydrogens is 172 g/mol. The lowest BCUT2D eigenvalue weighted by atomic mass is 10.1. The van der Waals surface area contributed by atoms with Gasteiger partial charge in [-0.15, -0.1) is 0 Å². The van der Waals surface area contributed by atoms with E-state index >= 15 is 0 Å². The molecule has 0 aliphatic heterocycles. The summed E-state index contributed by atoms with van der Waals surface area (Å²) in [6.07, 6.45) is 5.17. The van der Waals surface area contributed by atoms with Crippen molar-refractivity contribution in [2.75, 3.05) is 6.61 Å². The van der Waals surface area contributed by atoms with Crippen molar-refractivity contribution in [1.82, 2.24) is 0 Å². The van der Waals surface area contributed by atoms with Gasteiger partial charge >= 0.3 is 0 Å². The molecule has 1 heteroatoms. The van der Waals surface area contributed by atoms with Gasteiger partial charge in [0.05, 0.1) is 0 Å². The molecule has 0 amide bonds. The molecule has 1 aromatic carbocycles. The van der Waals surface area contributed by atoms with Gasteiger partial charge in [-0.2, -0.15) is 0 Å². The SMILES string of the molecule is CCc1cccc(/C=C/[C@@H](C)CO)c1. The van der Waals surface area contributed by atoms with Gasteiger partial charge in [-0.1, -0.05) is 50.3 Å². The van der Waals surface area contributed by atoms with Crippen LogP contribution in [0.5, 0.6) is 0 Å². The van der Waals surface area contributed by atoms with E-state index in [0.717, 1.165) is 6.42 Å². The average Bonchev–Trinajstić information content (AvgIpc) is 2.26. The molecule has 0 aliphatic carbocycles. The summed E-state index contributed by atoms with van der Waals surface area (Å²) in [6.45, 7) is 4.36. The van der Waals surface area contributed by atoms with Crippen LogP contribution in [0.3, 0.4) is 0 Å². The second-order valence-corrected chi connectivity index (χ2v) is 3.62. The van der Waals surface area contributed by atoms with Crippen molar-refractivity contribution in [2.24, 2.45) is 5.92 Å². The van der Waals surface area contributed by atoms with E-state index in [0.29, 0.717) is 0 Å². The number of benzene rings is 1. The molecule has 0 bridgehead atoms. The molecule has 0 spiro atoms. The van der Waals surface area contributed by atoms with Crippen LogP contribution in [0.15, 0.2) is 30.3 Å². The maximum atomic E-state index is 8.86. The second-order valence-electron chi connectivity index (χ2n) is 3.62. The van der Waals surface area contributed by atoms with Gasteiger partial charge in [0.2, 0.25) is 0 Å². The van der Waals surface area contributed by atoms with E-state index in [2.05, 4.69) is 37.3 Å². The lowest BCUT2D eigenvalue weighted by Gasteiger charge is -2.01. The molecule has 0 saturated carbocycles. The summed E-state index contributed by atoms with van der Waals surface area (Å²) in [4.78, 5) is 0. The van der Waals surface area contributed by atoms with E-state index in [1.807, 2.05) is 13.0 Å². The first-order valence-corrected chi connectivity index (χ1v) is 5.14.